The van der Waals surface area contributed by atoms with E-state index in [1.54, 1.807) is 7.11 Å². The fourth-order valence-electron chi connectivity index (χ4n) is 2.49. The number of ether oxygens (including phenoxy) is 1. The zero-order valence-corrected chi connectivity index (χ0v) is 15.0. The molecule has 24 heavy (non-hydrogen) atoms. The summed E-state index contributed by atoms with van der Waals surface area (Å²) >= 11 is 0. The summed E-state index contributed by atoms with van der Waals surface area (Å²) in [7, 11) is 1.66. The van der Waals surface area contributed by atoms with Gasteiger partial charge in [0.15, 0.2) is 0 Å². The first kappa shape index (κ1) is 18.1. The second-order valence-corrected chi connectivity index (χ2v) is 7.07. The van der Waals surface area contributed by atoms with Crippen molar-refractivity contribution in [3.8, 4) is 5.75 Å². The number of benzene rings is 2. The predicted octanol–water partition coefficient (Wildman–Crippen LogP) is 4.53. The molecule has 0 aliphatic carbocycles. The Morgan fingerprint density at radius 3 is 2.21 bits per heavy atom. The lowest BCUT2D eigenvalue weighted by Gasteiger charge is -2.25. The molecule has 0 fully saturated rings. The Bertz CT molecular complexity index is 642. The van der Waals surface area contributed by atoms with Gasteiger partial charge in [-0.3, -0.25) is 4.79 Å². The zero-order valence-electron chi connectivity index (χ0n) is 15.0. The van der Waals surface area contributed by atoms with Gasteiger partial charge in [-0.2, -0.15) is 0 Å². The van der Waals surface area contributed by atoms with Gasteiger partial charge in [-0.05, 0) is 36.1 Å². The molecule has 0 aliphatic heterocycles. The normalized spacial score (nSPS) is 12.5. The summed E-state index contributed by atoms with van der Waals surface area (Å²) in [6.07, 6.45) is 1.78. The van der Waals surface area contributed by atoms with Gasteiger partial charge < -0.3 is 10.1 Å². The summed E-state index contributed by atoms with van der Waals surface area (Å²) in [5.41, 5.74) is 1.97. The Morgan fingerprint density at radius 2 is 1.67 bits per heavy atom. The molecule has 0 saturated heterocycles. The van der Waals surface area contributed by atoms with Crippen molar-refractivity contribution in [3.05, 3.63) is 65.7 Å². The number of aryl methyl sites for hydroxylation is 1. The van der Waals surface area contributed by atoms with Crippen LogP contribution in [0.2, 0.25) is 0 Å². The van der Waals surface area contributed by atoms with Crippen LogP contribution < -0.4 is 10.1 Å². The summed E-state index contributed by atoms with van der Waals surface area (Å²) in [6, 6.07) is 18.3. The van der Waals surface area contributed by atoms with E-state index in [9.17, 15) is 4.79 Å². The third-order valence-corrected chi connectivity index (χ3v) is 4.07. The molecular formula is C21H27NO2. The highest BCUT2D eigenvalue weighted by Crippen LogP contribution is 2.24. The van der Waals surface area contributed by atoms with Crippen molar-refractivity contribution in [1.29, 1.82) is 0 Å². The van der Waals surface area contributed by atoms with E-state index in [1.807, 2.05) is 63.2 Å². The fourth-order valence-corrected chi connectivity index (χ4v) is 2.49. The molecule has 1 N–H and O–H groups in total. The molecule has 3 nitrogen and oxygen atoms in total. The van der Waals surface area contributed by atoms with Crippen LogP contribution in [0.5, 0.6) is 5.75 Å². The molecule has 0 aliphatic rings. The highest BCUT2D eigenvalue weighted by atomic mass is 16.5. The Morgan fingerprint density at radius 1 is 1.04 bits per heavy atom. The molecule has 0 saturated carbocycles. The van der Waals surface area contributed by atoms with Crippen LogP contribution in [0.4, 0.5) is 0 Å². The van der Waals surface area contributed by atoms with Crippen LogP contribution in [-0.2, 0) is 11.2 Å². The molecule has 2 aromatic rings. The number of amides is 1. The lowest BCUT2D eigenvalue weighted by atomic mass is 9.93. The number of nitrogens with one attached hydrogen (secondary N) is 1. The molecule has 0 bridgehead atoms. The zero-order chi connectivity index (χ0) is 17.6. The van der Waals surface area contributed by atoms with E-state index in [4.69, 9.17) is 4.74 Å². The standard InChI is InChI=1S/C21H27NO2/c1-21(2,3)20(23)22-19(15-10-16-8-6-5-7-9-16)17-11-13-18(24-4)14-12-17/h5-9,11-14,19H,10,15H2,1-4H3,(H,22,23)/t19-/m0/s1. The van der Waals surface area contributed by atoms with E-state index < -0.39 is 5.41 Å². The minimum atomic E-state index is -0.405. The summed E-state index contributed by atoms with van der Waals surface area (Å²) in [4.78, 5) is 12.4. The maximum Gasteiger partial charge on any atom is 0.225 e. The molecule has 1 amide bonds. The van der Waals surface area contributed by atoms with Gasteiger partial charge in [-0.25, -0.2) is 0 Å². The van der Waals surface area contributed by atoms with Gasteiger partial charge in [0.1, 0.15) is 5.75 Å². The second-order valence-electron chi connectivity index (χ2n) is 7.07. The Kier molecular flexibility index (Phi) is 6.02. The van der Waals surface area contributed by atoms with Crippen LogP contribution in [0, 0.1) is 5.41 Å². The maximum atomic E-state index is 12.4. The first-order valence-corrected chi connectivity index (χ1v) is 8.39. The highest BCUT2D eigenvalue weighted by molar-refractivity contribution is 5.81. The topological polar surface area (TPSA) is 38.3 Å². The number of rotatable bonds is 6. The van der Waals surface area contributed by atoms with Crippen molar-refractivity contribution in [2.24, 2.45) is 5.41 Å². The maximum absolute atomic E-state index is 12.4. The summed E-state index contributed by atoms with van der Waals surface area (Å²) < 4.78 is 5.23. The lowest BCUT2D eigenvalue weighted by Crippen LogP contribution is -2.37. The van der Waals surface area contributed by atoms with Crippen molar-refractivity contribution >= 4 is 5.91 Å². The highest BCUT2D eigenvalue weighted by Gasteiger charge is 2.24. The van der Waals surface area contributed by atoms with E-state index in [1.165, 1.54) is 5.56 Å². The number of carbonyl (C=O) groups excluding carboxylic acids is 1. The van der Waals surface area contributed by atoms with E-state index in [0.29, 0.717) is 0 Å². The molecule has 0 aromatic heterocycles. The molecule has 0 radical (unpaired) electrons. The van der Waals surface area contributed by atoms with Gasteiger partial charge in [0.05, 0.1) is 13.2 Å². The summed E-state index contributed by atoms with van der Waals surface area (Å²) in [5, 5.41) is 3.20. The van der Waals surface area contributed by atoms with Crippen LogP contribution in [0.3, 0.4) is 0 Å². The average molecular weight is 325 g/mol. The third-order valence-electron chi connectivity index (χ3n) is 4.07. The third kappa shape index (κ3) is 5.12. The molecular weight excluding hydrogens is 298 g/mol. The summed E-state index contributed by atoms with van der Waals surface area (Å²) in [5.74, 6) is 0.888. The van der Waals surface area contributed by atoms with Crippen LogP contribution in [0.15, 0.2) is 54.6 Å². The first-order chi connectivity index (χ1) is 11.4. The van der Waals surface area contributed by atoms with E-state index in [-0.39, 0.29) is 11.9 Å². The van der Waals surface area contributed by atoms with Gasteiger partial charge in [0.25, 0.3) is 0 Å². The van der Waals surface area contributed by atoms with Crippen molar-refractivity contribution in [1.82, 2.24) is 5.32 Å². The predicted molar refractivity (Wildman–Crippen MR) is 98.1 cm³/mol. The first-order valence-electron chi connectivity index (χ1n) is 8.39. The Hall–Kier alpha value is -2.29. The Balaban J connectivity index is 2.15. The van der Waals surface area contributed by atoms with Crippen LogP contribution in [0.25, 0.3) is 0 Å². The fraction of sp³-hybridized carbons (Fsp3) is 0.381. The molecule has 3 heteroatoms. The smallest absolute Gasteiger partial charge is 0.225 e. The molecule has 128 valence electrons. The minimum Gasteiger partial charge on any atom is -0.497 e. The Labute approximate surface area is 145 Å². The molecule has 0 spiro atoms. The number of hydrogen-bond acceptors (Lipinski definition) is 2. The molecule has 0 heterocycles. The van der Waals surface area contributed by atoms with Gasteiger partial charge in [-0.1, -0.05) is 63.2 Å². The van der Waals surface area contributed by atoms with E-state index in [2.05, 4.69) is 17.4 Å². The summed E-state index contributed by atoms with van der Waals surface area (Å²) in [6.45, 7) is 5.81. The van der Waals surface area contributed by atoms with E-state index in [0.717, 1.165) is 24.2 Å². The molecule has 0 unspecified atom stereocenters. The SMILES string of the molecule is COc1ccc([C@H](CCc2ccccc2)NC(=O)C(C)(C)C)cc1. The van der Waals surface area contributed by atoms with Crippen molar-refractivity contribution in [2.45, 2.75) is 39.7 Å². The number of methoxy groups -OCH3 is 1. The molecule has 2 rings (SSSR count). The lowest BCUT2D eigenvalue weighted by molar-refractivity contribution is -0.129. The van der Waals surface area contributed by atoms with E-state index >= 15 is 0 Å². The second kappa shape index (κ2) is 8.00. The monoisotopic (exact) mass is 325 g/mol. The quantitative estimate of drug-likeness (QED) is 0.847. The van der Waals surface area contributed by atoms with Crippen LogP contribution in [-0.4, -0.2) is 13.0 Å². The average Bonchev–Trinajstić information content (AvgIpc) is 2.58. The van der Waals surface area contributed by atoms with Gasteiger partial charge >= 0.3 is 0 Å². The van der Waals surface area contributed by atoms with Crippen molar-refractivity contribution in [2.75, 3.05) is 7.11 Å². The number of carbonyl (C=O) groups is 1. The minimum absolute atomic E-state index is 0.0113. The van der Waals surface area contributed by atoms with Gasteiger partial charge in [0.2, 0.25) is 5.91 Å². The van der Waals surface area contributed by atoms with Crippen molar-refractivity contribution in [3.63, 3.8) is 0 Å². The van der Waals surface area contributed by atoms with Crippen LogP contribution in [0.1, 0.15) is 44.4 Å². The number of hydrogen-bond donors (Lipinski definition) is 1. The largest absolute Gasteiger partial charge is 0.497 e. The van der Waals surface area contributed by atoms with Crippen LogP contribution >= 0.6 is 0 Å². The van der Waals surface area contributed by atoms with Crippen molar-refractivity contribution < 1.29 is 9.53 Å². The van der Waals surface area contributed by atoms with Gasteiger partial charge in [-0.15, -0.1) is 0 Å². The van der Waals surface area contributed by atoms with Gasteiger partial charge in [0, 0.05) is 5.41 Å². The molecule has 2 aromatic carbocycles. The molecule has 1 atom stereocenters.